The van der Waals surface area contributed by atoms with Gasteiger partial charge in [-0.3, -0.25) is 0 Å². The van der Waals surface area contributed by atoms with Gasteiger partial charge in [-0.1, -0.05) is 18.2 Å². The van der Waals surface area contributed by atoms with Crippen LogP contribution in [0.1, 0.15) is 5.76 Å². The Morgan fingerprint density at radius 1 is 0.955 bits per heavy atom. The first-order valence-electron chi connectivity index (χ1n) is 6.56. The van der Waals surface area contributed by atoms with Gasteiger partial charge >= 0.3 is 0 Å². The highest BCUT2D eigenvalue weighted by atomic mass is 32.2. The highest BCUT2D eigenvalue weighted by Gasteiger charge is 2.19. The van der Waals surface area contributed by atoms with Crippen LogP contribution in [-0.2, 0) is 16.4 Å². The molecule has 0 aliphatic carbocycles. The zero-order valence-corrected chi connectivity index (χ0v) is 12.3. The summed E-state index contributed by atoms with van der Waals surface area (Å²) in [6.07, 6.45) is 1.58. The number of furan rings is 1. The van der Waals surface area contributed by atoms with Crippen molar-refractivity contribution < 1.29 is 12.8 Å². The maximum atomic E-state index is 12.4. The summed E-state index contributed by atoms with van der Waals surface area (Å²) in [5.41, 5.74) is 0. The highest BCUT2D eigenvalue weighted by Crippen LogP contribution is 2.18. The van der Waals surface area contributed by atoms with Crippen molar-refractivity contribution in [1.82, 2.24) is 10.2 Å². The van der Waals surface area contributed by atoms with Crippen LogP contribution in [0.4, 0.5) is 5.82 Å². The van der Waals surface area contributed by atoms with E-state index in [9.17, 15) is 8.42 Å². The Hall–Kier alpha value is -2.67. The average Bonchev–Trinajstić information content (AvgIpc) is 3.08. The number of nitrogens with one attached hydrogen (secondary N) is 1. The van der Waals surface area contributed by atoms with Gasteiger partial charge in [-0.25, -0.2) is 8.42 Å². The van der Waals surface area contributed by atoms with Crippen molar-refractivity contribution in [2.24, 2.45) is 0 Å². The maximum Gasteiger partial charge on any atom is 0.225 e. The molecule has 1 aromatic carbocycles. The number of benzene rings is 1. The Balaban J connectivity index is 1.76. The zero-order valence-electron chi connectivity index (χ0n) is 11.5. The lowest BCUT2D eigenvalue weighted by Gasteiger charge is -2.05. The number of rotatable bonds is 5. The number of anilines is 1. The van der Waals surface area contributed by atoms with Crippen LogP contribution in [0.5, 0.6) is 0 Å². The SMILES string of the molecule is O=S(=O)(c1ccccc1)c1ccc(NCc2ccco2)nn1. The highest BCUT2D eigenvalue weighted by molar-refractivity contribution is 7.91. The molecular formula is C15H13N3O3S. The van der Waals surface area contributed by atoms with E-state index >= 15 is 0 Å². The summed E-state index contributed by atoms with van der Waals surface area (Å²) in [5, 5.41) is 10.6. The predicted octanol–water partition coefficient (Wildman–Crippen LogP) is 2.51. The second-order valence-corrected chi connectivity index (χ2v) is 6.40. The first kappa shape index (κ1) is 14.3. The molecule has 0 unspecified atom stereocenters. The van der Waals surface area contributed by atoms with Crippen LogP contribution in [0.15, 0.2) is 75.2 Å². The number of sulfone groups is 1. The molecule has 112 valence electrons. The Morgan fingerprint density at radius 3 is 2.41 bits per heavy atom. The average molecular weight is 315 g/mol. The van der Waals surface area contributed by atoms with Crippen LogP contribution in [0, 0.1) is 0 Å². The molecule has 0 spiro atoms. The van der Waals surface area contributed by atoms with Gasteiger partial charge in [-0.2, -0.15) is 0 Å². The van der Waals surface area contributed by atoms with Crippen molar-refractivity contribution >= 4 is 15.7 Å². The van der Waals surface area contributed by atoms with Crippen LogP contribution in [0.25, 0.3) is 0 Å². The molecule has 0 amide bonds. The topological polar surface area (TPSA) is 85.1 Å². The summed E-state index contributed by atoms with van der Waals surface area (Å²) in [7, 11) is -3.63. The fraction of sp³-hybridized carbons (Fsp3) is 0.0667. The molecule has 0 fully saturated rings. The van der Waals surface area contributed by atoms with Gasteiger partial charge in [-0.05, 0) is 36.4 Å². The molecule has 0 aliphatic rings. The number of nitrogens with zero attached hydrogens (tertiary/aromatic N) is 2. The molecule has 6 nitrogen and oxygen atoms in total. The standard InChI is InChI=1S/C15H13N3O3S/c19-22(20,13-6-2-1-3-7-13)15-9-8-14(17-18-15)16-11-12-5-4-10-21-12/h1-10H,11H2,(H,16,17). The van der Waals surface area contributed by atoms with Crippen molar-refractivity contribution in [1.29, 1.82) is 0 Å². The molecule has 2 aromatic heterocycles. The molecule has 0 radical (unpaired) electrons. The quantitative estimate of drug-likeness (QED) is 0.778. The summed E-state index contributed by atoms with van der Waals surface area (Å²) in [6, 6.07) is 14.8. The Morgan fingerprint density at radius 2 is 1.77 bits per heavy atom. The minimum atomic E-state index is -3.63. The third-order valence-electron chi connectivity index (χ3n) is 2.99. The lowest BCUT2D eigenvalue weighted by atomic mass is 10.4. The Labute approximate surface area is 127 Å². The Kier molecular flexibility index (Phi) is 3.88. The van der Waals surface area contributed by atoms with Gasteiger partial charge in [0.2, 0.25) is 9.84 Å². The predicted molar refractivity (Wildman–Crippen MR) is 80.0 cm³/mol. The molecule has 3 aromatic rings. The van der Waals surface area contributed by atoms with Gasteiger partial charge in [-0.15, -0.1) is 10.2 Å². The summed E-state index contributed by atoms with van der Waals surface area (Å²) >= 11 is 0. The van der Waals surface area contributed by atoms with Crippen LogP contribution >= 0.6 is 0 Å². The largest absolute Gasteiger partial charge is 0.467 e. The fourth-order valence-electron chi connectivity index (χ4n) is 1.87. The van der Waals surface area contributed by atoms with E-state index in [1.54, 1.807) is 36.6 Å². The van der Waals surface area contributed by atoms with E-state index in [1.807, 2.05) is 6.07 Å². The summed E-state index contributed by atoms with van der Waals surface area (Å²) in [5.74, 6) is 1.23. The van der Waals surface area contributed by atoms with Crippen molar-refractivity contribution in [3.8, 4) is 0 Å². The Bertz CT molecular complexity index is 830. The van der Waals surface area contributed by atoms with Gasteiger partial charge < -0.3 is 9.73 Å². The summed E-state index contributed by atoms with van der Waals surface area (Å²) < 4.78 is 29.9. The summed E-state index contributed by atoms with van der Waals surface area (Å²) in [4.78, 5) is 0.195. The molecule has 3 rings (SSSR count). The van der Waals surface area contributed by atoms with Crippen molar-refractivity contribution in [2.75, 3.05) is 5.32 Å². The van der Waals surface area contributed by atoms with Gasteiger partial charge in [0.15, 0.2) is 5.03 Å². The smallest absolute Gasteiger partial charge is 0.225 e. The third-order valence-corrected chi connectivity index (χ3v) is 4.65. The summed E-state index contributed by atoms with van der Waals surface area (Å²) in [6.45, 7) is 0.451. The number of hydrogen-bond acceptors (Lipinski definition) is 6. The normalized spacial score (nSPS) is 11.3. The molecule has 2 heterocycles. The first-order valence-corrected chi connectivity index (χ1v) is 8.05. The molecule has 0 aliphatic heterocycles. The van der Waals surface area contributed by atoms with Gasteiger partial charge in [0, 0.05) is 0 Å². The van der Waals surface area contributed by atoms with Gasteiger partial charge in [0.05, 0.1) is 17.7 Å². The minimum Gasteiger partial charge on any atom is -0.467 e. The van der Waals surface area contributed by atoms with Gasteiger partial charge in [0.25, 0.3) is 0 Å². The second-order valence-electron chi connectivity index (χ2n) is 4.51. The lowest BCUT2D eigenvalue weighted by Crippen LogP contribution is -2.07. The molecule has 7 heteroatoms. The third kappa shape index (κ3) is 2.99. The zero-order chi connectivity index (χ0) is 15.4. The van der Waals surface area contributed by atoms with Crippen LogP contribution in [-0.4, -0.2) is 18.6 Å². The van der Waals surface area contributed by atoms with Crippen LogP contribution in [0.2, 0.25) is 0 Å². The van der Waals surface area contributed by atoms with E-state index in [4.69, 9.17) is 4.42 Å². The van der Waals surface area contributed by atoms with E-state index in [0.29, 0.717) is 12.4 Å². The number of hydrogen-bond donors (Lipinski definition) is 1. The van der Waals surface area contributed by atoms with E-state index in [0.717, 1.165) is 5.76 Å². The van der Waals surface area contributed by atoms with Crippen molar-refractivity contribution in [3.63, 3.8) is 0 Å². The molecule has 22 heavy (non-hydrogen) atoms. The van der Waals surface area contributed by atoms with Crippen molar-refractivity contribution in [2.45, 2.75) is 16.5 Å². The van der Waals surface area contributed by atoms with E-state index in [-0.39, 0.29) is 9.92 Å². The molecular weight excluding hydrogens is 302 g/mol. The van der Waals surface area contributed by atoms with E-state index in [2.05, 4.69) is 15.5 Å². The lowest BCUT2D eigenvalue weighted by molar-refractivity contribution is 0.517. The van der Waals surface area contributed by atoms with E-state index < -0.39 is 9.84 Å². The van der Waals surface area contributed by atoms with Crippen LogP contribution < -0.4 is 5.32 Å². The first-order chi connectivity index (χ1) is 10.7. The molecule has 0 bridgehead atoms. The number of aromatic nitrogens is 2. The fourth-order valence-corrected chi connectivity index (χ4v) is 3.02. The van der Waals surface area contributed by atoms with Gasteiger partial charge in [0.1, 0.15) is 11.6 Å². The second kappa shape index (κ2) is 5.98. The monoisotopic (exact) mass is 315 g/mol. The van der Waals surface area contributed by atoms with Crippen LogP contribution in [0.3, 0.4) is 0 Å². The van der Waals surface area contributed by atoms with Crippen molar-refractivity contribution in [3.05, 3.63) is 66.6 Å². The molecule has 1 N–H and O–H groups in total. The maximum absolute atomic E-state index is 12.4. The minimum absolute atomic E-state index is 0.0813. The molecule has 0 atom stereocenters. The molecule has 0 saturated heterocycles. The molecule has 0 saturated carbocycles. The van der Waals surface area contributed by atoms with E-state index in [1.165, 1.54) is 18.2 Å².